The fourth-order valence-corrected chi connectivity index (χ4v) is 1.28. The minimum Gasteiger partial charge on any atom is -0.445 e. The molecule has 1 amide bonds. The lowest BCUT2D eigenvalue weighted by atomic mass is 10.0. The van der Waals surface area contributed by atoms with Crippen molar-refractivity contribution < 1.29 is 14.3 Å². The predicted octanol–water partition coefficient (Wildman–Crippen LogP) is 1.10. The van der Waals surface area contributed by atoms with Gasteiger partial charge in [-0.05, 0) is 0 Å². The van der Waals surface area contributed by atoms with Crippen molar-refractivity contribution in [2.24, 2.45) is 5.92 Å². The third kappa shape index (κ3) is 2.88. The Morgan fingerprint density at radius 2 is 2.36 bits per heavy atom. The molecule has 0 aromatic heterocycles. The van der Waals surface area contributed by atoms with E-state index in [0.29, 0.717) is 13.2 Å². The number of rotatable bonds is 4. The molecule has 0 aromatic carbocycles. The van der Waals surface area contributed by atoms with Crippen molar-refractivity contribution in [3.63, 3.8) is 0 Å². The Bertz CT molecular complexity index is 227. The van der Waals surface area contributed by atoms with E-state index in [1.54, 1.807) is 6.08 Å². The van der Waals surface area contributed by atoms with Crippen LogP contribution in [0.1, 0.15) is 0 Å². The van der Waals surface area contributed by atoms with Crippen molar-refractivity contribution in [3.05, 3.63) is 25.3 Å². The Kier molecular flexibility index (Phi) is 4.19. The van der Waals surface area contributed by atoms with Crippen LogP contribution in [0.3, 0.4) is 0 Å². The van der Waals surface area contributed by atoms with Crippen LogP contribution in [-0.2, 0) is 9.47 Å². The maximum Gasteiger partial charge on any atom is 0.407 e. The van der Waals surface area contributed by atoms with E-state index < -0.39 is 6.09 Å². The number of hydrogen-bond donors (Lipinski definition) is 1. The first kappa shape index (κ1) is 10.8. The van der Waals surface area contributed by atoms with Crippen molar-refractivity contribution in [3.8, 4) is 0 Å². The molecular formula is C10H15NO3. The fourth-order valence-electron chi connectivity index (χ4n) is 1.28. The lowest BCUT2D eigenvalue weighted by Crippen LogP contribution is -2.39. The highest BCUT2D eigenvalue weighted by Gasteiger charge is 2.27. The minimum absolute atomic E-state index is 0.0233. The molecule has 1 aliphatic heterocycles. The zero-order valence-electron chi connectivity index (χ0n) is 8.07. The van der Waals surface area contributed by atoms with Gasteiger partial charge >= 0.3 is 6.09 Å². The van der Waals surface area contributed by atoms with E-state index in [2.05, 4.69) is 18.5 Å². The molecule has 2 unspecified atom stereocenters. The van der Waals surface area contributed by atoms with Crippen LogP contribution in [0, 0.1) is 5.92 Å². The molecule has 0 spiro atoms. The van der Waals surface area contributed by atoms with E-state index >= 15 is 0 Å². The molecule has 4 nitrogen and oxygen atoms in total. The Hall–Kier alpha value is -1.29. The third-order valence-electron chi connectivity index (χ3n) is 2.06. The molecule has 1 saturated heterocycles. The molecule has 0 bridgehead atoms. The SMILES string of the molecule is C=CCOC(=O)NC1COCC1C=C. The van der Waals surface area contributed by atoms with Gasteiger partial charge in [0.1, 0.15) is 6.61 Å². The topological polar surface area (TPSA) is 47.6 Å². The number of alkyl carbamates (subject to hydrolysis) is 1. The molecule has 0 aromatic rings. The summed E-state index contributed by atoms with van der Waals surface area (Å²) in [4.78, 5) is 11.1. The van der Waals surface area contributed by atoms with E-state index in [1.807, 2.05) is 0 Å². The average Bonchev–Trinajstić information content (AvgIpc) is 2.62. The van der Waals surface area contributed by atoms with Gasteiger partial charge in [-0.15, -0.1) is 6.58 Å². The second-order valence-corrected chi connectivity index (χ2v) is 3.07. The molecule has 2 atom stereocenters. The van der Waals surface area contributed by atoms with Gasteiger partial charge in [0, 0.05) is 5.92 Å². The highest BCUT2D eigenvalue weighted by Crippen LogP contribution is 2.14. The van der Waals surface area contributed by atoms with E-state index in [4.69, 9.17) is 9.47 Å². The van der Waals surface area contributed by atoms with Gasteiger partial charge in [0.25, 0.3) is 0 Å². The molecule has 4 heteroatoms. The molecule has 1 heterocycles. The van der Waals surface area contributed by atoms with E-state index in [1.165, 1.54) is 6.08 Å². The molecule has 1 rings (SSSR count). The summed E-state index contributed by atoms with van der Waals surface area (Å²) in [5.74, 6) is 0.172. The van der Waals surface area contributed by atoms with E-state index in [0.717, 1.165) is 0 Å². The van der Waals surface area contributed by atoms with Gasteiger partial charge in [-0.25, -0.2) is 4.79 Å². The highest BCUT2D eigenvalue weighted by molar-refractivity contribution is 5.67. The second-order valence-electron chi connectivity index (χ2n) is 3.07. The largest absolute Gasteiger partial charge is 0.445 e. The van der Waals surface area contributed by atoms with Gasteiger partial charge in [0.2, 0.25) is 0 Å². The van der Waals surface area contributed by atoms with Crippen LogP contribution in [0.15, 0.2) is 25.3 Å². The summed E-state index contributed by atoms with van der Waals surface area (Å²) in [6.07, 6.45) is 2.87. The average molecular weight is 197 g/mol. The number of carbonyl (C=O) groups excluding carboxylic acids is 1. The summed E-state index contributed by atoms with van der Waals surface area (Å²) in [6, 6.07) is -0.0233. The lowest BCUT2D eigenvalue weighted by molar-refractivity contribution is 0.148. The van der Waals surface area contributed by atoms with Crippen molar-refractivity contribution in [1.82, 2.24) is 5.32 Å². The first-order chi connectivity index (χ1) is 6.77. The molecular weight excluding hydrogens is 182 g/mol. The molecule has 1 aliphatic rings. The molecule has 14 heavy (non-hydrogen) atoms. The zero-order chi connectivity index (χ0) is 10.4. The second kappa shape index (κ2) is 5.44. The molecule has 78 valence electrons. The summed E-state index contributed by atoms with van der Waals surface area (Å²) >= 11 is 0. The molecule has 0 aliphatic carbocycles. The van der Waals surface area contributed by atoms with Gasteiger partial charge in [-0.2, -0.15) is 0 Å². The summed E-state index contributed by atoms with van der Waals surface area (Å²) in [5, 5.41) is 2.71. The van der Waals surface area contributed by atoms with Crippen LogP contribution < -0.4 is 5.32 Å². The maximum absolute atomic E-state index is 11.1. The Labute approximate surface area is 83.6 Å². The third-order valence-corrected chi connectivity index (χ3v) is 2.06. The first-order valence-corrected chi connectivity index (χ1v) is 4.52. The van der Waals surface area contributed by atoms with E-state index in [-0.39, 0.29) is 18.6 Å². The van der Waals surface area contributed by atoms with Gasteiger partial charge in [-0.1, -0.05) is 18.7 Å². The molecule has 1 N–H and O–H groups in total. The number of nitrogens with one attached hydrogen (secondary N) is 1. The summed E-state index contributed by atoms with van der Waals surface area (Å²) in [7, 11) is 0. The van der Waals surface area contributed by atoms with Crippen molar-refractivity contribution >= 4 is 6.09 Å². The minimum atomic E-state index is -0.438. The quantitative estimate of drug-likeness (QED) is 0.686. The first-order valence-electron chi connectivity index (χ1n) is 4.52. The van der Waals surface area contributed by atoms with E-state index in [9.17, 15) is 4.79 Å². The number of amides is 1. The number of ether oxygens (including phenoxy) is 2. The Morgan fingerprint density at radius 1 is 1.57 bits per heavy atom. The van der Waals surface area contributed by atoms with Crippen molar-refractivity contribution in [2.75, 3.05) is 19.8 Å². The van der Waals surface area contributed by atoms with Crippen LogP contribution in [-0.4, -0.2) is 32.0 Å². The molecule has 0 radical (unpaired) electrons. The molecule has 1 fully saturated rings. The number of carbonyl (C=O) groups is 1. The molecule has 0 saturated carbocycles. The van der Waals surface area contributed by atoms with Crippen LogP contribution in [0.25, 0.3) is 0 Å². The maximum atomic E-state index is 11.1. The van der Waals surface area contributed by atoms with Gasteiger partial charge in [0.15, 0.2) is 0 Å². The zero-order valence-corrected chi connectivity index (χ0v) is 8.07. The monoisotopic (exact) mass is 197 g/mol. The summed E-state index contributed by atoms with van der Waals surface area (Å²) < 4.78 is 9.99. The van der Waals surface area contributed by atoms with Gasteiger partial charge in [-0.3, -0.25) is 0 Å². The van der Waals surface area contributed by atoms with Gasteiger partial charge < -0.3 is 14.8 Å². The number of hydrogen-bond acceptors (Lipinski definition) is 3. The van der Waals surface area contributed by atoms with Crippen molar-refractivity contribution in [1.29, 1.82) is 0 Å². The Balaban J connectivity index is 2.31. The fraction of sp³-hybridized carbons (Fsp3) is 0.500. The van der Waals surface area contributed by atoms with Gasteiger partial charge in [0.05, 0.1) is 19.3 Å². The smallest absolute Gasteiger partial charge is 0.407 e. The summed E-state index contributed by atoms with van der Waals surface area (Å²) in [6.45, 7) is 8.47. The Morgan fingerprint density at radius 3 is 3.00 bits per heavy atom. The van der Waals surface area contributed by atoms with Crippen LogP contribution >= 0.6 is 0 Å². The predicted molar refractivity (Wildman–Crippen MR) is 53.0 cm³/mol. The summed E-state index contributed by atoms with van der Waals surface area (Å²) in [5.41, 5.74) is 0. The standard InChI is InChI=1S/C10H15NO3/c1-3-5-14-10(12)11-9-7-13-6-8(9)4-2/h3-4,8-9H,1-2,5-7H2,(H,11,12). The van der Waals surface area contributed by atoms with Crippen LogP contribution in [0.2, 0.25) is 0 Å². The van der Waals surface area contributed by atoms with Crippen LogP contribution in [0.5, 0.6) is 0 Å². The van der Waals surface area contributed by atoms with Crippen molar-refractivity contribution in [2.45, 2.75) is 6.04 Å². The normalized spacial score (nSPS) is 25.4. The highest BCUT2D eigenvalue weighted by atomic mass is 16.5. The van der Waals surface area contributed by atoms with Crippen LogP contribution in [0.4, 0.5) is 4.79 Å². The lowest BCUT2D eigenvalue weighted by Gasteiger charge is -2.15.